The van der Waals surface area contributed by atoms with Gasteiger partial charge in [0.15, 0.2) is 6.10 Å². The number of unbranched alkanes of at least 4 members (excludes halogenated alkanes) is 49. The van der Waals surface area contributed by atoms with E-state index in [1.165, 1.54) is 283 Å². The second kappa shape index (κ2) is 70.9. The molecule has 0 amide bonds. The first kappa shape index (κ1) is 79.4. The molecule has 6 heteroatoms. The maximum Gasteiger partial charge on any atom is 0.306 e. The predicted molar refractivity (Wildman–Crippen MR) is 358 cm³/mol. The Kier molecular flexibility index (Phi) is 68.6. The molecular formula is C76H140O6. The molecule has 0 aliphatic rings. The molecule has 0 heterocycles. The smallest absolute Gasteiger partial charge is 0.306 e. The largest absolute Gasteiger partial charge is 0.462 e. The van der Waals surface area contributed by atoms with Gasteiger partial charge in [-0.15, -0.1) is 0 Å². The van der Waals surface area contributed by atoms with Crippen molar-refractivity contribution < 1.29 is 28.6 Å². The van der Waals surface area contributed by atoms with E-state index in [-0.39, 0.29) is 31.1 Å². The monoisotopic (exact) mass is 1150 g/mol. The third-order valence-corrected chi connectivity index (χ3v) is 16.6. The zero-order valence-corrected chi connectivity index (χ0v) is 55.3. The number of hydrogen-bond acceptors (Lipinski definition) is 6. The van der Waals surface area contributed by atoms with Gasteiger partial charge in [0, 0.05) is 19.3 Å². The first-order chi connectivity index (χ1) is 40.5. The minimum Gasteiger partial charge on any atom is -0.462 e. The van der Waals surface area contributed by atoms with Gasteiger partial charge in [0.05, 0.1) is 0 Å². The quantitative estimate of drug-likeness (QED) is 0.0261. The highest BCUT2D eigenvalue weighted by atomic mass is 16.6. The lowest BCUT2D eigenvalue weighted by molar-refractivity contribution is -0.167. The van der Waals surface area contributed by atoms with E-state index in [1.54, 1.807) is 0 Å². The van der Waals surface area contributed by atoms with Gasteiger partial charge in [0.1, 0.15) is 13.2 Å². The van der Waals surface area contributed by atoms with Crippen molar-refractivity contribution in [2.75, 3.05) is 13.2 Å². The zero-order chi connectivity index (χ0) is 59.2. The fraction of sp³-hybridized carbons (Fsp3) is 0.855. The van der Waals surface area contributed by atoms with Crippen LogP contribution in [0, 0.1) is 0 Å². The Morgan fingerprint density at radius 3 is 0.707 bits per heavy atom. The van der Waals surface area contributed by atoms with Crippen LogP contribution in [-0.4, -0.2) is 37.2 Å². The maximum atomic E-state index is 13.0. The molecule has 0 aliphatic carbocycles. The third-order valence-electron chi connectivity index (χ3n) is 16.6. The van der Waals surface area contributed by atoms with Crippen LogP contribution in [0.2, 0.25) is 0 Å². The van der Waals surface area contributed by atoms with Crippen LogP contribution >= 0.6 is 0 Å². The van der Waals surface area contributed by atoms with Crippen molar-refractivity contribution in [1.29, 1.82) is 0 Å². The molecule has 0 N–H and O–H groups in total. The SMILES string of the molecule is CCCCCC/C=C\CCCCCCCC(=O)OCC(COC(=O)CCCCCCCCCCCCCCCC/C=C\C/C=C\C/C=C\CCCCCCC)OC(=O)CCCCCCCCCCCCCCCCCCCCCCCC. The van der Waals surface area contributed by atoms with E-state index in [9.17, 15) is 14.4 Å². The molecule has 1 unspecified atom stereocenters. The van der Waals surface area contributed by atoms with E-state index in [4.69, 9.17) is 14.2 Å². The summed E-state index contributed by atoms with van der Waals surface area (Å²) in [5.41, 5.74) is 0. The summed E-state index contributed by atoms with van der Waals surface area (Å²) in [6.45, 7) is 6.68. The van der Waals surface area contributed by atoms with Crippen molar-refractivity contribution in [3.05, 3.63) is 48.6 Å². The van der Waals surface area contributed by atoms with Gasteiger partial charge >= 0.3 is 17.9 Å². The second-order valence-electron chi connectivity index (χ2n) is 24.9. The highest BCUT2D eigenvalue weighted by molar-refractivity contribution is 5.71. The molecule has 6 nitrogen and oxygen atoms in total. The molecule has 1 atom stereocenters. The number of ether oxygens (including phenoxy) is 3. The van der Waals surface area contributed by atoms with Gasteiger partial charge < -0.3 is 14.2 Å². The van der Waals surface area contributed by atoms with Crippen molar-refractivity contribution in [3.8, 4) is 0 Å². The number of allylic oxidation sites excluding steroid dienone is 8. The molecular weight excluding hydrogens is 1010 g/mol. The van der Waals surface area contributed by atoms with Gasteiger partial charge in [-0.1, -0.05) is 345 Å². The van der Waals surface area contributed by atoms with E-state index >= 15 is 0 Å². The summed E-state index contributed by atoms with van der Waals surface area (Å²) in [6.07, 6.45) is 90.1. The van der Waals surface area contributed by atoms with Crippen LogP contribution in [0.15, 0.2) is 48.6 Å². The summed E-state index contributed by atoms with van der Waals surface area (Å²) in [6, 6.07) is 0. The van der Waals surface area contributed by atoms with Crippen LogP contribution in [-0.2, 0) is 28.6 Å². The molecule has 0 radical (unpaired) electrons. The van der Waals surface area contributed by atoms with Crippen molar-refractivity contribution >= 4 is 17.9 Å². The lowest BCUT2D eigenvalue weighted by Crippen LogP contribution is -2.30. The van der Waals surface area contributed by atoms with Gasteiger partial charge in [-0.25, -0.2) is 0 Å². The molecule has 82 heavy (non-hydrogen) atoms. The minimum absolute atomic E-state index is 0.0711. The van der Waals surface area contributed by atoms with Crippen LogP contribution in [0.4, 0.5) is 0 Å². The van der Waals surface area contributed by atoms with Crippen LogP contribution in [0.25, 0.3) is 0 Å². The van der Waals surface area contributed by atoms with Crippen molar-refractivity contribution in [1.82, 2.24) is 0 Å². The Labute approximate surface area is 511 Å². The zero-order valence-electron chi connectivity index (χ0n) is 55.3. The van der Waals surface area contributed by atoms with Crippen LogP contribution < -0.4 is 0 Å². The molecule has 0 aliphatic heterocycles. The van der Waals surface area contributed by atoms with Gasteiger partial charge in [-0.3, -0.25) is 14.4 Å². The van der Waals surface area contributed by atoms with E-state index < -0.39 is 6.10 Å². The summed E-state index contributed by atoms with van der Waals surface area (Å²) >= 11 is 0. The standard InChI is InChI=1S/C76H140O6/c1-4-7-10-13-16-19-22-25-27-29-31-33-35-36-37-38-39-40-41-43-44-46-48-51-54-57-60-63-66-69-75(78)81-72-73(71-80-74(77)68-65-62-59-56-53-50-24-21-18-15-12-9-6-3)82-76(79)70-67-64-61-58-55-52-49-47-45-42-34-32-30-28-26-23-20-17-14-11-8-5-2/h21-22,24-25,29,31,35-36,73H,4-20,23,26-28,30,32-34,37-72H2,1-3H3/b24-21-,25-22-,31-29-,36-35-. The Morgan fingerprint density at radius 1 is 0.244 bits per heavy atom. The molecule has 480 valence electrons. The topological polar surface area (TPSA) is 78.9 Å². The first-order valence-corrected chi connectivity index (χ1v) is 36.6. The van der Waals surface area contributed by atoms with Gasteiger partial charge in [0.2, 0.25) is 0 Å². The van der Waals surface area contributed by atoms with Gasteiger partial charge in [-0.2, -0.15) is 0 Å². The Hall–Kier alpha value is -2.63. The molecule has 0 aromatic rings. The van der Waals surface area contributed by atoms with Gasteiger partial charge in [0.25, 0.3) is 0 Å². The highest BCUT2D eigenvalue weighted by Gasteiger charge is 2.19. The van der Waals surface area contributed by atoms with Gasteiger partial charge in [-0.05, 0) is 83.5 Å². The van der Waals surface area contributed by atoms with Crippen molar-refractivity contribution in [2.45, 2.75) is 406 Å². The molecule has 0 saturated carbocycles. The number of rotatable bonds is 68. The average molecular weight is 1150 g/mol. The predicted octanol–water partition coefficient (Wildman–Crippen LogP) is 25.3. The first-order valence-electron chi connectivity index (χ1n) is 36.6. The number of esters is 3. The third kappa shape index (κ3) is 68.2. The normalized spacial score (nSPS) is 12.3. The Balaban J connectivity index is 4.21. The fourth-order valence-corrected chi connectivity index (χ4v) is 11.0. The molecule has 0 rings (SSSR count). The fourth-order valence-electron chi connectivity index (χ4n) is 11.0. The average Bonchev–Trinajstić information content (AvgIpc) is 3.48. The summed E-state index contributed by atoms with van der Waals surface area (Å²) in [5, 5.41) is 0. The summed E-state index contributed by atoms with van der Waals surface area (Å²) in [7, 11) is 0. The number of carbonyl (C=O) groups excluding carboxylic acids is 3. The molecule has 0 fully saturated rings. The lowest BCUT2D eigenvalue weighted by Gasteiger charge is -2.18. The Bertz CT molecular complexity index is 1410. The van der Waals surface area contributed by atoms with Crippen LogP contribution in [0.3, 0.4) is 0 Å². The number of hydrogen-bond donors (Lipinski definition) is 0. The molecule has 0 saturated heterocycles. The molecule has 0 aromatic heterocycles. The minimum atomic E-state index is -0.775. The van der Waals surface area contributed by atoms with E-state index in [0.717, 1.165) is 77.0 Å². The van der Waals surface area contributed by atoms with E-state index in [2.05, 4.69) is 69.4 Å². The summed E-state index contributed by atoms with van der Waals surface area (Å²) in [4.78, 5) is 38.4. The van der Waals surface area contributed by atoms with Crippen LogP contribution in [0.1, 0.15) is 400 Å². The van der Waals surface area contributed by atoms with Crippen molar-refractivity contribution in [2.24, 2.45) is 0 Å². The maximum absolute atomic E-state index is 13.0. The Morgan fingerprint density at radius 2 is 0.439 bits per heavy atom. The van der Waals surface area contributed by atoms with E-state index in [1.807, 2.05) is 0 Å². The molecule has 0 bridgehead atoms. The second-order valence-corrected chi connectivity index (χ2v) is 24.9. The van der Waals surface area contributed by atoms with Crippen molar-refractivity contribution in [3.63, 3.8) is 0 Å². The van der Waals surface area contributed by atoms with Crippen LogP contribution in [0.5, 0.6) is 0 Å². The molecule has 0 spiro atoms. The molecule has 0 aromatic carbocycles. The number of carbonyl (C=O) groups is 3. The lowest BCUT2D eigenvalue weighted by atomic mass is 10.0. The highest BCUT2D eigenvalue weighted by Crippen LogP contribution is 2.19. The van der Waals surface area contributed by atoms with E-state index in [0.29, 0.717) is 19.3 Å². The summed E-state index contributed by atoms with van der Waals surface area (Å²) in [5.74, 6) is -0.852. The summed E-state index contributed by atoms with van der Waals surface area (Å²) < 4.78 is 17.0.